The first-order valence-corrected chi connectivity index (χ1v) is 11.5. The maximum absolute atomic E-state index is 12.7. The van der Waals surface area contributed by atoms with E-state index in [1.54, 1.807) is 18.6 Å². The molecule has 0 saturated carbocycles. The van der Waals surface area contributed by atoms with Gasteiger partial charge in [-0.25, -0.2) is 15.0 Å². The van der Waals surface area contributed by atoms with Crippen molar-refractivity contribution in [1.29, 1.82) is 0 Å². The summed E-state index contributed by atoms with van der Waals surface area (Å²) in [7, 11) is 0. The highest BCUT2D eigenvalue weighted by molar-refractivity contribution is 5.95. The van der Waals surface area contributed by atoms with Gasteiger partial charge in [0.05, 0.1) is 24.3 Å². The number of benzene rings is 1. The van der Waals surface area contributed by atoms with Crippen LogP contribution in [-0.4, -0.2) is 64.3 Å². The Hall–Kier alpha value is -4.02. The molecule has 0 spiro atoms. The summed E-state index contributed by atoms with van der Waals surface area (Å²) in [6.45, 7) is 6.80. The van der Waals surface area contributed by atoms with Crippen molar-refractivity contribution in [3.63, 3.8) is 0 Å². The molecule has 3 aromatic heterocycles. The molecule has 0 atom stereocenters. The SMILES string of the molecule is Cc1ccc(Nc2nc(-c3cnc(N)nc3)cc3cc[nH]c(=O)c23)cc1OCCN1CCOCC1. The van der Waals surface area contributed by atoms with Crippen LogP contribution >= 0.6 is 0 Å². The molecule has 1 fully saturated rings. The lowest BCUT2D eigenvalue weighted by Crippen LogP contribution is -2.38. The van der Waals surface area contributed by atoms with Gasteiger partial charge in [-0.3, -0.25) is 9.69 Å². The number of fused-ring (bicyclic) bond motifs is 1. The number of hydrogen-bond donors (Lipinski definition) is 3. The van der Waals surface area contributed by atoms with Crippen molar-refractivity contribution < 1.29 is 9.47 Å². The highest BCUT2D eigenvalue weighted by Gasteiger charge is 2.14. The topological polar surface area (TPSA) is 131 Å². The number of aromatic amines is 1. The molecule has 4 heterocycles. The number of aryl methyl sites for hydroxylation is 1. The van der Waals surface area contributed by atoms with E-state index in [0.717, 1.165) is 55.2 Å². The molecule has 1 aliphatic rings. The predicted molar refractivity (Wildman–Crippen MR) is 135 cm³/mol. The van der Waals surface area contributed by atoms with E-state index in [2.05, 4.69) is 25.2 Å². The third-order valence-electron chi connectivity index (χ3n) is 5.94. The summed E-state index contributed by atoms with van der Waals surface area (Å²) in [6, 6.07) is 9.52. The lowest BCUT2D eigenvalue weighted by molar-refractivity contribution is 0.0322. The van der Waals surface area contributed by atoms with Crippen LogP contribution in [0.25, 0.3) is 22.0 Å². The van der Waals surface area contributed by atoms with Gasteiger partial charge in [0.2, 0.25) is 5.95 Å². The number of nitrogens with two attached hydrogens (primary N) is 1. The molecule has 4 aromatic rings. The normalized spacial score (nSPS) is 14.2. The Kier molecular flexibility index (Phi) is 6.55. The highest BCUT2D eigenvalue weighted by Crippen LogP contribution is 2.29. The van der Waals surface area contributed by atoms with Gasteiger partial charge in [-0.2, -0.15) is 0 Å². The Bertz CT molecular complexity index is 1380. The molecule has 1 aliphatic heterocycles. The quantitative estimate of drug-likeness (QED) is 0.371. The van der Waals surface area contributed by atoms with Crippen LogP contribution < -0.4 is 21.3 Å². The first kappa shape index (κ1) is 22.8. The number of H-pyrrole nitrogens is 1. The minimum absolute atomic E-state index is 0.185. The fraction of sp³-hybridized carbons (Fsp3) is 0.280. The van der Waals surface area contributed by atoms with Crippen LogP contribution in [0.4, 0.5) is 17.5 Å². The number of hydrogen-bond acceptors (Lipinski definition) is 9. The van der Waals surface area contributed by atoms with Gasteiger partial charge in [-0.1, -0.05) is 6.07 Å². The molecule has 0 amide bonds. The number of pyridine rings is 2. The maximum Gasteiger partial charge on any atom is 0.259 e. The smallest absolute Gasteiger partial charge is 0.259 e. The van der Waals surface area contributed by atoms with Crippen LogP contribution in [0.5, 0.6) is 5.75 Å². The van der Waals surface area contributed by atoms with Crippen LogP contribution in [0.15, 0.2) is 53.7 Å². The van der Waals surface area contributed by atoms with Crippen molar-refractivity contribution in [2.45, 2.75) is 6.92 Å². The number of nitrogens with one attached hydrogen (secondary N) is 2. The number of nitrogens with zero attached hydrogens (tertiary/aromatic N) is 4. The molecule has 1 saturated heterocycles. The molecule has 1 aromatic carbocycles. The standard InChI is InChI=1S/C25H27N7O3/c1-16-2-3-19(13-21(16)35-11-8-32-6-9-34-10-7-32)30-23-22-17(4-5-27-24(22)33)12-20(31-23)18-14-28-25(26)29-15-18/h2-5,12-15H,6-11H2,1H3,(H,27,33)(H,30,31)(H2,26,28,29). The van der Waals surface area contributed by atoms with Gasteiger partial charge in [-0.05, 0) is 36.1 Å². The van der Waals surface area contributed by atoms with Gasteiger partial charge in [0.15, 0.2) is 0 Å². The van der Waals surface area contributed by atoms with E-state index >= 15 is 0 Å². The maximum atomic E-state index is 12.7. The molecule has 0 aliphatic carbocycles. The van der Waals surface area contributed by atoms with E-state index in [0.29, 0.717) is 29.1 Å². The van der Waals surface area contributed by atoms with Crippen LogP contribution in [0, 0.1) is 6.92 Å². The highest BCUT2D eigenvalue weighted by atomic mass is 16.5. The van der Waals surface area contributed by atoms with E-state index < -0.39 is 0 Å². The van der Waals surface area contributed by atoms with Crippen LogP contribution in [0.3, 0.4) is 0 Å². The molecule has 4 N–H and O–H groups in total. The Morgan fingerprint density at radius 3 is 2.77 bits per heavy atom. The van der Waals surface area contributed by atoms with Crippen molar-refractivity contribution >= 4 is 28.2 Å². The van der Waals surface area contributed by atoms with Crippen molar-refractivity contribution in [1.82, 2.24) is 24.8 Å². The van der Waals surface area contributed by atoms with E-state index in [-0.39, 0.29) is 11.5 Å². The van der Waals surface area contributed by atoms with Gasteiger partial charge in [0, 0.05) is 55.5 Å². The molecule has 0 unspecified atom stereocenters. The third-order valence-corrected chi connectivity index (χ3v) is 5.94. The van der Waals surface area contributed by atoms with Crippen LogP contribution in [0.1, 0.15) is 5.56 Å². The molecule has 10 heteroatoms. The average Bonchev–Trinajstić information content (AvgIpc) is 2.87. The minimum atomic E-state index is -0.230. The number of anilines is 3. The zero-order chi connectivity index (χ0) is 24.2. The number of morpholine rings is 1. The summed E-state index contributed by atoms with van der Waals surface area (Å²) in [5.74, 6) is 1.40. The Balaban J connectivity index is 1.42. The fourth-order valence-corrected chi connectivity index (χ4v) is 4.00. The summed E-state index contributed by atoms with van der Waals surface area (Å²) in [5.41, 5.74) is 8.51. The van der Waals surface area contributed by atoms with E-state index in [1.165, 1.54) is 0 Å². The fourth-order valence-electron chi connectivity index (χ4n) is 4.00. The van der Waals surface area contributed by atoms with Gasteiger partial charge in [0.25, 0.3) is 5.56 Å². The molecular formula is C25H27N7O3. The second-order valence-electron chi connectivity index (χ2n) is 8.36. The number of ether oxygens (including phenoxy) is 2. The predicted octanol–water partition coefficient (Wildman–Crippen LogP) is 2.73. The number of aromatic nitrogens is 4. The zero-order valence-corrected chi connectivity index (χ0v) is 19.5. The molecule has 35 heavy (non-hydrogen) atoms. The zero-order valence-electron chi connectivity index (χ0n) is 19.5. The number of rotatable bonds is 7. The van der Waals surface area contributed by atoms with Crippen LogP contribution in [-0.2, 0) is 4.74 Å². The summed E-state index contributed by atoms with van der Waals surface area (Å²) in [6.07, 6.45) is 4.84. The lowest BCUT2D eigenvalue weighted by atomic mass is 10.1. The molecule has 5 rings (SSSR count). The van der Waals surface area contributed by atoms with Crippen molar-refractivity contribution in [3.8, 4) is 17.0 Å². The first-order chi connectivity index (χ1) is 17.1. The third kappa shape index (κ3) is 5.23. The van der Waals surface area contributed by atoms with E-state index in [9.17, 15) is 4.79 Å². The number of nitrogen functional groups attached to an aromatic ring is 1. The van der Waals surface area contributed by atoms with Crippen molar-refractivity contribution in [3.05, 3.63) is 64.8 Å². The molecular weight excluding hydrogens is 446 g/mol. The lowest BCUT2D eigenvalue weighted by Gasteiger charge is -2.26. The van der Waals surface area contributed by atoms with Crippen molar-refractivity contribution in [2.24, 2.45) is 0 Å². The minimum Gasteiger partial charge on any atom is -0.492 e. The Labute approximate surface area is 202 Å². The molecule has 0 bridgehead atoms. The van der Waals surface area contributed by atoms with Crippen LogP contribution in [0.2, 0.25) is 0 Å². The van der Waals surface area contributed by atoms with Gasteiger partial charge in [0.1, 0.15) is 18.2 Å². The largest absolute Gasteiger partial charge is 0.492 e. The summed E-state index contributed by atoms with van der Waals surface area (Å²) >= 11 is 0. The second kappa shape index (κ2) is 10.1. The van der Waals surface area contributed by atoms with Gasteiger partial charge < -0.3 is 25.5 Å². The van der Waals surface area contributed by atoms with E-state index in [1.807, 2.05) is 37.3 Å². The molecule has 180 valence electrons. The van der Waals surface area contributed by atoms with Gasteiger partial charge in [-0.15, -0.1) is 0 Å². The monoisotopic (exact) mass is 473 g/mol. The Morgan fingerprint density at radius 1 is 1.17 bits per heavy atom. The molecule has 0 radical (unpaired) electrons. The summed E-state index contributed by atoms with van der Waals surface area (Å²) in [5, 5.41) is 4.52. The first-order valence-electron chi connectivity index (χ1n) is 11.5. The van der Waals surface area contributed by atoms with Crippen molar-refractivity contribution in [2.75, 3.05) is 50.5 Å². The second-order valence-corrected chi connectivity index (χ2v) is 8.36. The average molecular weight is 474 g/mol. The Morgan fingerprint density at radius 2 is 1.97 bits per heavy atom. The van der Waals surface area contributed by atoms with Gasteiger partial charge >= 0.3 is 0 Å². The molecule has 10 nitrogen and oxygen atoms in total. The van der Waals surface area contributed by atoms with E-state index in [4.69, 9.17) is 20.2 Å². The summed E-state index contributed by atoms with van der Waals surface area (Å²) in [4.78, 5) is 30.6. The summed E-state index contributed by atoms with van der Waals surface area (Å²) < 4.78 is 11.5.